The van der Waals surface area contributed by atoms with E-state index >= 15 is 0 Å². The lowest BCUT2D eigenvalue weighted by Gasteiger charge is -2.19. The summed E-state index contributed by atoms with van der Waals surface area (Å²) >= 11 is 1.58. The summed E-state index contributed by atoms with van der Waals surface area (Å²) in [6.07, 6.45) is 2.59. The summed E-state index contributed by atoms with van der Waals surface area (Å²) in [5, 5.41) is 15.2. The van der Waals surface area contributed by atoms with Gasteiger partial charge in [-0.15, -0.1) is 11.3 Å². The molecule has 2 atom stereocenters. The van der Waals surface area contributed by atoms with Gasteiger partial charge in [-0.3, -0.25) is 9.69 Å². The van der Waals surface area contributed by atoms with Crippen LogP contribution in [0.3, 0.4) is 0 Å². The first-order valence-electron chi connectivity index (χ1n) is 7.66. The second kappa shape index (κ2) is 7.87. The fourth-order valence-corrected chi connectivity index (χ4v) is 3.64. The predicted molar refractivity (Wildman–Crippen MR) is 84.4 cm³/mol. The number of aromatic nitrogens is 1. The van der Waals surface area contributed by atoms with Crippen molar-refractivity contribution in [2.24, 2.45) is 5.92 Å². The van der Waals surface area contributed by atoms with Crippen LogP contribution in [0.1, 0.15) is 30.5 Å². The number of hydrogen-bond acceptors (Lipinski definition) is 5. The standard InChI is InChI=1S/C15H25N3O2S/c1-3-4-12-8-18(5-6-19)9-14(12)17-15(20)7-13-10-21-11(2)16-13/h10,12,14,19H,3-9H2,1-2H3,(H,17,20)/t12-,14-/m0/s1. The molecule has 2 heterocycles. The Balaban J connectivity index is 1.88. The lowest BCUT2D eigenvalue weighted by atomic mass is 9.98. The summed E-state index contributed by atoms with van der Waals surface area (Å²) in [4.78, 5) is 18.8. The third kappa shape index (κ3) is 4.76. The van der Waals surface area contributed by atoms with Crippen LogP contribution < -0.4 is 5.32 Å². The second-order valence-corrected chi connectivity index (χ2v) is 6.80. The molecule has 0 spiro atoms. The summed E-state index contributed by atoms with van der Waals surface area (Å²) in [5.74, 6) is 0.542. The molecule has 0 aromatic carbocycles. The number of β-amino-alcohol motifs (C(OH)–C–C–N with tert-alkyl or cyclic N) is 1. The monoisotopic (exact) mass is 311 g/mol. The minimum absolute atomic E-state index is 0.0530. The van der Waals surface area contributed by atoms with Crippen molar-refractivity contribution < 1.29 is 9.90 Å². The maximum atomic E-state index is 12.2. The molecule has 21 heavy (non-hydrogen) atoms. The molecule has 0 aliphatic carbocycles. The van der Waals surface area contributed by atoms with E-state index < -0.39 is 0 Å². The van der Waals surface area contributed by atoms with Gasteiger partial charge in [-0.25, -0.2) is 4.98 Å². The zero-order valence-corrected chi connectivity index (χ0v) is 13.7. The number of thiazole rings is 1. The number of nitrogens with one attached hydrogen (secondary N) is 1. The van der Waals surface area contributed by atoms with Gasteiger partial charge >= 0.3 is 0 Å². The quantitative estimate of drug-likeness (QED) is 0.794. The number of aliphatic hydroxyl groups is 1. The number of rotatable bonds is 7. The highest BCUT2D eigenvalue weighted by Gasteiger charge is 2.32. The lowest BCUT2D eigenvalue weighted by molar-refractivity contribution is -0.121. The average Bonchev–Trinajstić information content (AvgIpc) is 2.98. The van der Waals surface area contributed by atoms with Crippen LogP contribution in [0.25, 0.3) is 0 Å². The molecular formula is C15H25N3O2S. The highest BCUT2D eigenvalue weighted by molar-refractivity contribution is 7.09. The molecule has 0 unspecified atom stereocenters. The van der Waals surface area contributed by atoms with Crippen LogP contribution in [0.5, 0.6) is 0 Å². The summed E-state index contributed by atoms with van der Waals surface area (Å²) in [7, 11) is 0. The van der Waals surface area contributed by atoms with E-state index in [2.05, 4.69) is 22.1 Å². The van der Waals surface area contributed by atoms with E-state index in [4.69, 9.17) is 5.11 Å². The van der Waals surface area contributed by atoms with Crippen molar-refractivity contribution in [2.45, 2.75) is 39.2 Å². The average molecular weight is 311 g/mol. The van der Waals surface area contributed by atoms with Crippen molar-refractivity contribution in [1.29, 1.82) is 0 Å². The summed E-state index contributed by atoms with van der Waals surface area (Å²) < 4.78 is 0. The fraction of sp³-hybridized carbons (Fsp3) is 0.733. The minimum atomic E-state index is 0.0530. The summed E-state index contributed by atoms with van der Waals surface area (Å²) in [5.41, 5.74) is 0.854. The van der Waals surface area contributed by atoms with Gasteiger partial charge in [0.05, 0.1) is 23.7 Å². The first-order valence-corrected chi connectivity index (χ1v) is 8.54. The number of aryl methyl sites for hydroxylation is 1. The Morgan fingerprint density at radius 3 is 3.00 bits per heavy atom. The number of nitrogens with zero attached hydrogens (tertiary/aromatic N) is 2. The van der Waals surface area contributed by atoms with Crippen molar-refractivity contribution in [3.63, 3.8) is 0 Å². The number of carbonyl (C=O) groups excluding carboxylic acids is 1. The van der Waals surface area contributed by atoms with Gasteiger partial charge in [0.1, 0.15) is 0 Å². The maximum Gasteiger partial charge on any atom is 0.226 e. The van der Waals surface area contributed by atoms with Gasteiger partial charge < -0.3 is 10.4 Å². The van der Waals surface area contributed by atoms with E-state index in [0.29, 0.717) is 18.9 Å². The molecule has 1 saturated heterocycles. The molecule has 5 nitrogen and oxygen atoms in total. The predicted octanol–water partition coefficient (Wildman–Crippen LogP) is 1.20. The Morgan fingerprint density at radius 2 is 2.38 bits per heavy atom. The van der Waals surface area contributed by atoms with Crippen LogP contribution in [0, 0.1) is 12.8 Å². The van der Waals surface area contributed by atoms with Gasteiger partial charge in [0, 0.05) is 31.1 Å². The number of hydrogen-bond donors (Lipinski definition) is 2. The Bertz CT molecular complexity index is 464. The number of carbonyl (C=O) groups is 1. The molecule has 2 N–H and O–H groups in total. The topological polar surface area (TPSA) is 65.5 Å². The van der Waals surface area contributed by atoms with E-state index in [0.717, 1.165) is 36.6 Å². The SMILES string of the molecule is CCC[C@H]1CN(CCO)C[C@@H]1NC(=O)Cc1csc(C)n1. The van der Waals surface area contributed by atoms with E-state index in [-0.39, 0.29) is 18.6 Å². The molecule has 1 fully saturated rings. The molecule has 6 heteroatoms. The maximum absolute atomic E-state index is 12.2. The molecule has 1 aliphatic heterocycles. The third-order valence-electron chi connectivity index (χ3n) is 3.95. The van der Waals surface area contributed by atoms with Crippen LogP contribution in [-0.4, -0.2) is 53.2 Å². The first kappa shape index (κ1) is 16.4. The smallest absolute Gasteiger partial charge is 0.226 e. The van der Waals surface area contributed by atoms with Crippen LogP contribution in [-0.2, 0) is 11.2 Å². The van der Waals surface area contributed by atoms with E-state index in [9.17, 15) is 4.79 Å². The Labute approximate surface area is 130 Å². The molecule has 1 amide bonds. The highest BCUT2D eigenvalue weighted by Crippen LogP contribution is 2.21. The van der Waals surface area contributed by atoms with Gasteiger partial charge in [-0.05, 0) is 19.3 Å². The van der Waals surface area contributed by atoms with Crippen LogP contribution in [0.2, 0.25) is 0 Å². The van der Waals surface area contributed by atoms with Crippen molar-refractivity contribution in [3.8, 4) is 0 Å². The first-order chi connectivity index (χ1) is 10.1. The largest absolute Gasteiger partial charge is 0.395 e. The normalized spacial score (nSPS) is 22.6. The Kier molecular flexibility index (Phi) is 6.14. The fourth-order valence-electron chi connectivity index (χ4n) is 3.02. The highest BCUT2D eigenvalue weighted by atomic mass is 32.1. The molecule has 0 bridgehead atoms. The van der Waals surface area contributed by atoms with E-state index in [1.807, 2.05) is 12.3 Å². The second-order valence-electron chi connectivity index (χ2n) is 5.74. The van der Waals surface area contributed by atoms with Crippen LogP contribution in [0.15, 0.2) is 5.38 Å². The zero-order chi connectivity index (χ0) is 15.2. The molecule has 0 radical (unpaired) electrons. The molecule has 0 saturated carbocycles. The molecular weight excluding hydrogens is 286 g/mol. The number of likely N-dealkylation sites (tertiary alicyclic amines) is 1. The molecule has 118 valence electrons. The molecule has 1 aromatic heterocycles. The summed E-state index contributed by atoms with van der Waals surface area (Å²) in [6, 6.07) is 0.198. The zero-order valence-electron chi connectivity index (χ0n) is 12.8. The van der Waals surface area contributed by atoms with Gasteiger partial charge in [0.25, 0.3) is 0 Å². The summed E-state index contributed by atoms with van der Waals surface area (Å²) in [6.45, 7) is 6.80. The number of aliphatic hydroxyl groups excluding tert-OH is 1. The van der Waals surface area contributed by atoms with E-state index in [1.54, 1.807) is 11.3 Å². The van der Waals surface area contributed by atoms with Crippen molar-refractivity contribution in [1.82, 2.24) is 15.2 Å². The minimum Gasteiger partial charge on any atom is -0.395 e. The van der Waals surface area contributed by atoms with Gasteiger partial charge in [-0.2, -0.15) is 0 Å². The molecule has 2 rings (SSSR count). The lowest BCUT2D eigenvalue weighted by Crippen LogP contribution is -2.41. The van der Waals surface area contributed by atoms with Crippen molar-refractivity contribution in [3.05, 3.63) is 16.1 Å². The Hall–Kier alpha value is -0.980. The van der Waals surface area contributed by atoms with Crippen LogP contribution >= 0.6 is 11.3 Å². The van der Waals surface area contributed by atoms with Crippen LogP contribution in [0.4, 0.5) is 0 Å². The van der Waals surface area contributed by atoms with E-state index in [1.165, 1.54) is 0 Å². The van der Waals surface area contributed by atoms with Crippen molar-refractivity contribution in [2.75, 3.05) is 26.2 Å². The molecule has 1 aliphatic rings. The Morgan fingerprint density at radius 1 is 1.57 bits per heavy atom. The van der Waals surface area contributed by atoms with Crippen molar-refractivity contribution >= 4 is 17.2 Å². The van der Waals surface area contributed by atoms with Gasteiger partial charge in [-0.1, -0.05) is 13.3 Å². The number of amides is 1. The van der Waals surface area contributed by atoms with Gasteiger partial charge in [0.2, 0.25) is 5.91 Å². The molecule has 1 aromatic rings. The third-order valence-corrected chi connectivity index (χ3v) is 4.77. The van der Waals surface area contributed by atoms with Gasteiger partial charge in [0.15, 0.2) is 0 Å².